The molecule has 0 N–H and O–H groups in total. The van der Waals surface area contributed by atoms with Crippen molar-refractivity contribution in [1.29, 1.82) is 0 Å². The van der Waals surface area contributed by atoms with Gasteiger partial charge in [-0.1, -0.05) is 6.07 Å². The van der Waals surface area contributed by atoms with Gasteiger partial charge in [-0.3, -0.25) is 14.6 Å². The van der Waals surface area contributed by atoms with Gasteiger partial charge in [0.2, 0.25) is 5.91 Å². The molecule has 110 valence electrons. The van der Waals surface area contributed by atoms with Crippen LogP contribution < -0.4 is 0 Å². The predicted molar refractivity (Wildman–Crippen MR) is 72.8 cm³/mol. The molecule has 20 heavy (non-hydrogen) atoms. The average Bonchev–Trinajstić information content (AvgIpc) is 2.45. The van der Waals surface area contributed by atoms with Gasteiger partial charge >= 0.3 is 5.97 Å². The smallest absolute Gasteiger partial charge is 0.307 e. The Hall–Kier alpha value is -1.95. The van der Waals surface area contributed by atoms with Gasteiger partial charge in [0.25, 0.3) is 0 Å². The third-order valence-electron chi connectivity index (χ3n) is 2.61. The lowest BCUT2D eigenvalue weighted by Gasteiger charge is -2.22. The number of rotatable bonds is 8. The summed E-state index contributed by atoms with van der Waals surface area (Å²) in [7, 11) is 1.46. The van der Waals surface area contributed by atoms with Gasteiger partial charge in [0.15, 0.2) is 0 Å². The van der Waals surface area contributed by atoms with E-state index in [4.69, 9.17) is 9.47 Å². The van der Waals surface area contributed by atoms with E-state index in [1.165, 1.54) is 7.11 Å². The van der Waals surface area contributed by atoms with Gasteiger partial charge in [-0.15, -0.1) is 0 Å². The number of carbonyl (C=O) groups excluding carboxylic acids is 2. The van der Waals surface area contributed by atoms with Crippen LogP contribution in [-0.4, -0.2) is 48.6 Å². The second-order valence-electron chi connectivity index (χ2n) is 4.16. The van der Waals surface area contributed by atoms with Crippen molar-refractivity contribution in [1.82, 2.24) is 9.88 Å². The van der Waals surface area contributed by atoms with E-state index in [1.54, 1.807) is 30.3 Å². The molecule has 0 radical (unpaired) electrons. The summed E-state index contributed by atoms with van der Waals surface area (Å²) < 4.78 is 9.72. The molecule has 1 heterocycles. The largest absolute Gasteiger partial charge is 0.466 e. The second kappa shape index (κ2) is 9.03. The summed E-state index contributed by atoms with van der Waals surface area (Å²) in [6.07, 6.45) is 3.53. The fourth-order valence-electron chi connectivity index (χ4n) is 1.68. The van der Waals surface area contributed by atoms with Crippen LogP contribution in [-0.2, 0) is 25.6 Å². The zero-order valence-electron chi connectivity index (χ0n) is 11.9. The molecule has 0 aliphatic carbocycles. The molecule has 1 rings (SSSR count). The van der Waals surface area contributed by atoms with Gasteiger partial charge in [-0.25, -0.2) is 0 Å². The summed E-state index contributed by atoms with van der Waals surface area (Å²) in [5.74, 6) is -0.477. The molecule has 0 bridgehead atoms. The van der Waals surface area contributed by atoms with Crippen molar-refractivity contribution in [3.63, 3.8) is 0 Å². The first-order valence-corrected chi connectivity index (χ1v) is 6.48. The Morgan fingerprint density at radius 3 is 2.80 bits per heavy atom. The molecule has 6 heteroatoms. The quantitative estimate of drug-likeness (QED) is 0.665. The minimum Gasteiger partial charge on any atom is -0.466 e. The first-order chi connectivity index (χ1) is 9.67. The Bertz CT molecular complexity index is 422. The number of hydrogen-bond acceptors (Lipinski definition) is 5. The number of amides is 1. The Labute approximate surface area is 118 Å². The summed E-state index contributed by atoms with van der Waals surface area (Å²) in [6.45, 7) is 2.78. The molecule has 0 spiro atoms. The molecule has 0 aromatic carbocycles. The number of esters is 1. The summed E-state index contributed by atoms with van der Waals surface area (Å²) in [5, 5.41) is 0. The molecule has 1 aromatic rings. The van der Waals surface area contributed by atoms with E-state index in [0.29, 0.717) is 19.7 Å². The molecular formula is C14H20N2O4. The highest BCUT2D eigenvalue weighted by Crippen LogP contribution is 2.05. The Morgan fingerprint density at radius 2 is 2.20 bits per heavy atom. The summed E-state index contributed by atoms with van der Waals surface area (Å²) in [4.78, 5) is 28.9. The number of hydrogen-bond donors (Lipinski definition) is 0. The van der Waals surface area contributed by atoms with Gasteiger partial charge in [0.05, 0.1) is 13.0 Å². The van der Waals surface area contributed by atoms with E-state index in [9.17, 15) is 9.59 Å². The first kappa shape index (κ1) is 16.1. The highest BCUT2D eigenvalue weighted by atomic mass is 16.5. The van der Waals surface area contributed by atoms with E-state index in [2.05, 4.69) is 4.98 Å². The van der Waals surface area contributed by atoms with E-state index < -0.39 is 0 Å². The van der Waals surface area contributed by atoms with Crippen LogP contribution in [0.3, 0.4) is 0 Å². The van der Waals surface area contributed by atoms with Crippen molar-refractivity contribution in [2.75, 3.05) is 26.9 Å². The van der Waals surface area contributed by atoms with Gasteiger partial charge in [0, 0.05) is 32.6 Å². The fourth-order valence-corrected chi connectivity index (χ4v) is 1.68. The molecule has 0 saturated carbocycles. The normalized spacial score (nSPS) is 10.1. The van der Waals surface area contributed by atoms with Gasteiger partial charge in [0.1, 0.15) is 6.61 Å². The third-order valence-corrected chi connectivity index (χ3v) is 2.61. The average molecular weight is 280 g/mol. The SMILES string of the molecule is CCOC(=O)CCN(Cc1cccnc1)C(=O)COC. The van der Waals surface area contributed by atoms with Crippen LogP contribution >= 0.6 is 0 Å². The van der Waals surface area contributed by atoms with Crippen LogP contribution in [0.5, 0.6) is 0 Å². The maximum atomic E-state index is 11.9. The maximum absolute atomic E-state index is 11.9. The predicted octanol–water partition coefficient (Wildman–Crippen LogP) is 1.01. The van der Waals surface area contributed by atoms with Crippen molar-refractivity contribution < 1.29 is 19.1 Å². The van der Waals surface area contributed by atoms with Crippen molar-refractivity contribution in [2.45, 2.75) is 19.9 Å². The summed E-state index contributed by atoms with van der Waals surface area (Å²) in [5.41, 5.74) is 0.904. The second-order valence-corrected chi connectivity index (χ2v) is 4.16. The fraction of sp³-hybridized carbons (Fsp3) is 0.500. The lowest BCUT2D eigenvalue weighted by Crippen LogP contribution is -2.35. The van der Waals surface area contributed by atoms with Crippen molar-refractivity contribution >= 4 is 11.9 Å². The number of aromatic nitrogens is 1. The van der Waals surface area contributed by atoms with Crippen LogP contribution in [0, 0.1) is 0 Å². The minimum absolute atomic E-state index is 0.0108. The molecule has 1 amide bonds. The number of pyridine rings is 1. The Morgan fingerprint density at radius 1 is 1.40 bits per heavy atom. The van der Waals surface area contributed by atoms with Gasteiger partial charge < -0.3 is 14.4 Å². The molecule has 0 saturated heterocycles. The lowest BCUT2D eigenvalue weighted by atomic mass is 10.2. The molecule has 1 aromatic heterocycles. The van der Waals surface area contributed by atoms with E-state index in [1.807, 2.05) is 6.07 Å². The zero-order chi connectivity index (χ0) is 14.8. The molecule has 0 atom stereocenters. The van der Waals surface area contributed by atoms with Crippen LogP contribution in [0.2, 0.25) is 0 Å². The van der Waals surface area contributed by atoms with Gasteiger partial charge in [-0.2, -0.15) is 0 Å². The van der Waals surface area contributed by atoms with E-state index in [0.717, 1.165) is 5.56 Å². The zero-order valence-corrected chi connectivity index (χ0v) is 11.9. The molecule has 0 aliphatic heterocycles. The number of methoxy groups -OCH3 is 1. The Kier molecular flexibility index (Phi) is 7.27. The van der Waals surface area contributed by atoms with E-state index in [-0.39, 0.29) is 24.9 Å². The van der Waals surface area contributed by atoms with Crippen molar-refractivity contribution in [2.24, 2.45) is 0 Å². The molecule has 0 aliphatic rings. The van der Waals surface area contributed by atoms with Gasteiger partial charge in [-0.05, 0) is 18.6 Å². The minimum atomic E-state index is -0.311. The lowest BCUT2D eigenvalue weighted by molar-refractivity contribution is -0.144. The number of nitrogens with zero attached hydrogens (tertiary/aromatic N) is 2. The highest BCUT2D eigenvalue weighted by molar-refractivity contribution is 5.78. The number of ether oxygens (including phenoxy) is 2. The standard InChI is InChI=1S/C14H20N2O4/c1-3-20-14(18)6-8-16(13(17)11-19-2)10-12-5-4-7-15-9-12/h4-5,7,9H,3,6,8,10-11H2,1-2H3. The van der Waals surface area contributed by atoms with Crippen LogP contribution in [0.15, 0.2) is 24.5 Å². The maximum Gasteiger partial charge on any atom is 0.307 e. The van der Waals surface area contributed by atoms with E-state index >= 15 is 0 Å². The number of carbonyl (C=O) groups is 2. The molecule has 0 fully saturated rings. The monoisotopic (exact) mass is 280 g/mol. The highest BCUT2D eigenvalue weighted by Gasteiger charge is 2.15. The van der Waals surface area contributed by atoms with Crippen LogP contribution in [0.4, 0.5) is 0 Å². The molecule has 6 nitrogen and oxygen atoms in total. The first-order valence-electron chi connectivity index (χ1n) is 6.48. The van der Waals surface area contributed by atoms with Crippen LogP contribution in [0.1, 0.15) is 18.9 Å². The Balaban J connectivity index is 2.60. The molecular weight excluding hydrogens is 260 g/mol. The molecule has 0 unspecified atom stereocenters. The van der Waals surface area contributed by atoms with Crippen molar-refractivity contribution in [3.8, 4) is 0 Å². The summed E-state index contributed by atoms with van der Waals surface area (Å²) in [6, 6.07) is 3.68. The topological polar surface area (TPSA) is 68.7 Å². The third kappa shape index (κ3) is 5.79. The van der Waals surface area contributed by atoms with Crippen LogP contribution in [0.25, 0.3) is 0 Å². The summed E-state index contributed by atoms with van der Waals surface area (Å²) >= 11 is 0. The van der Waals surface area contributed by atoms with Crippen molar-refractivity contribution in [3.05, 3.63) is 30.1 Å².